The van der Waals surface area contributed by atoms with Crippen LogP contribution in [0.2, 0.25) is 0 Å². The molecule has 0 aromatic carbocycles. The van der Waals surface area contributed by atoms with Crippen molar-refractivity contribution in [2.75, 3.05) is 13.1 Å². The number of carbonyl (C=O) groups excluding carboxylic acids is 2. The Morgan fingerprint density at radius 3 is 1.50 bits per heavy atom. The number of carbonyl (C=O) groups is 2. The van der Waals surface area contributed by atoms with Crippen LogP contribution in [0.15, 0.2) is 9.98 Å². The molecule has 6 nitrogen and oxygen atoms in total. The molecule has 0 unspecified atom stereocenters. The van der Waals surface area contributed by atoms with E-state index < -0.39 is 0 Å². The van der Waals surface area contributed by atoms with Gasteiger partial charge in [-0.1, -0.05) is 0 Å². The second-order valence-corrected chi connectivity index (χ2v) is 2.07. The Hall–Kier alpha value is -1.72. The van der Waals surface area contributed by atoms with E-state index in [1.807, 2.05) is 0 Å². The first kappa shape index (κ1) is 8.38. The van der Waals surface area contributed by atoms with E-state index in [2.05, 4.69) is 20.6 Å². The molecule has 0 aromatic rings. The second-order valence-electron chi connectivity index (χ2n) is 2.07. The fraction of sp³-hybridized carbons (Fsp3) is 0.333. The second kappa shape index (κ2) is 4.22. The van der Waals surface area contributed by atoms with Gasteiger partial charge in [0, 0.05) is 0 Å². The van der Waals surface area contributed by atoms with Crippen LogP contribution in [0.4, 0.5) is 0 Å². The Bertz CT molecular complexity index is 200. The summed E-state index contributed by atoms with van der Waals surface area (Å²) < 4.78 is 0. The summed E-state index contributed by atoms with van der Waals surface area (Å²) in [5.74, 6) is -0.0370. The van der Waals surface area contributed by atoms with Crippen molar-refractivity contribution < 1.29 is 9.59 Å². The molecule has 0 aromatic heterocycles. The standard InChI is InChI=1S/2C3H4N2O/c2*6-3-1-4-2-5-3/h2*2H,1H2,(H,4,5,6). The molecule has 2 amide bonds. The monoisotopic (exact) mass is 168 g/mol. The zero-order valence-corrected chi connectivity index (χ0v) is 6.28. The normalized spacial score (nSPS) is 18.3. The number of nitrogens with one attached hydrogen (secondary N) is 2. The average Bonchev–Trinajstić information content (AvgIpc) is 2.63. The quantitative estimate of drug-likeness (QED) is 0.451. The molecule has 6 heteroatoms. The predicted molar refractivity (Wildman–Crippen MR) is 43.0 cm³/mol. The van der Waals surface area contributed by atoms with Crippen LogP contribution in [0.25, 0.3) is 0 Å². The largest absolute Gasteiger partial charge is 0.316 e. The van der Waals surface area contributed by atoms with Crippen molar-refractivity contribution in [3.8, 4) is 0 Å². The molecule has 0 saturated carbocycles. The summed E-state index contributed by atoms with van der Waals surface area (Å²) in [6.45, 7) is 0.611. The number of hydrogen-bond acceptors (Lipinski definition) is 4. The van der Waals surface area contributed by atoms with Crippen LogP contribution in [0.3, 0.4) is 0 Å². The summed E-state index contributed by atoms with van der Waals surface area (Å²) >= 11 is 0. The topological polar surface area (TPSA) is 82.9 Å². The van der Waals surface area contributed by atoms with Gasteiger partial charge in [-0.25, -0.2) is 0 Å². The van der Waals surface area contributed by atoms with Crippen molar-refractivity contribution in [3.63, 3.8) is 0 Å². The molecule has 2 aliphatic rings. The van der Waals surface area contributed by atoms with Gasteiger partial charge in [-0.15, -0.1) is 0 Å². The number of hydrogen-bond donors (Lipinski definition) is 2. The van der Waals surface area contributed by atoms with Crippen LogP contribution in [0.1, 0.15) is 0 Å². The van der Waals surface area contributed by atoms with Crippen molar-refractivity contribution in [1.29, 1.82) is 0 Å². The van der Waals surface area contributed by atoms with Crippen molar-refractivity contribution in [2.45, 2.75) is 0 Å². The van der Waals surface area contributed by atoms with Gasteiger partial charge in [0.1, 0.15) is 13.1 Å². The van der Waals surface area contributed by atoms with E-state index in [-0.39, 0.29) is 11.8 Å². The van der Waals surface area contributed by atoms with Gasteiger partial charge in [0.15, 0.2) is 0 Å². The van der Waals surface area contributed by atoms with E-state index in [4.69, 9.17) is 0 Å². The van der Waals surface area contributed by atoms with Crippen LogP contribution in [-0.2, 0) is 9.59 Å². The van der Waals surface area contributed by atoms with Gasteiger partial charge in [0.25, 0.3) is 0 Å². The highest BCUT2D eigenvalue weighted by Gasteiger charge is 1.99. The van der Waals surface area contributed by atoms with Gasteiger partial charge in [-0.2, -0.15) is 0 Å². The molecule has 0 fully saturated rings. The maximum atomic E-state index is 10.0. The van der Waals surface area contributed by atoms with E-state index in [1.54, 1.807) is 0 Å². The van der Waals surface area contributed by atoms with Crippen molar-refractivity contribution in [2.24, 2.45) is 9.98 Å². The summed E-state index contributed by atoms with van der Waals surface area (Å²) in [6, 6.07) is 0. The molecule has 2 rings (SSSR count). The minimum atomic E-state index is -0.0185. The first-order valence-electron chi connectivity index (χ1n) is 3.34. The number of nitrogens with zero attached hydrogens (tertiary/aromatic N) is 2. The highest BCUT2D eigenvalue weighted by Crippen LogP contribution is 1.73. The van der Waals surface area contributed by atoms with E-state index in [1.165, 1.54) is 12.7 Å². The molecular formula is C6H8N4O2. The maximum Gasteiger partial charge on any atom is 0.246 e. The zero-order chi connectivity index (χ0) is 8.81. The van der Waals surface area contributed by atoms with Gasteiger partial charge >= 0.3 is 0 Å². The fourth-order valence-corrected chi connectivity index (χ4v) is 0.584. The third-order valence-electron chi connectivity index (χ3n) is 1.10. The van der Waals surface area contributed by atoms with Crippen LogP contribution in [-0.4, -0.2) is 37.6 Å². The molecule has 2 N–H and O–H groups in total. The predicted octanol–water partition coefficient (Wildman–Crippen LogP) is -1.71. The molecule has 0 aliphatic carbocycles. The minimum absolute atomic E-state index is 0.0185. The van der Waals surface area contributed by atoms with E-state index >= 15 is 0 Å². The average molecular weight is 168 g/mol. The summed E-state index contributed by atoms with van der Waals surface area (Å²) in [5.41, 5.74) is 0. The Kier molecular flexibility index (Phi) is 2.95. The molecule has 64 valence electrons. The molecule has 0 spiro atoms. The van der Waals surface area contributed by atoms with Gasteiger partial charge < -0.3 is 10.6 Å². The highest BCUT2D eigenvalue weighted by atomic mass is 16.2. The molecule has 0 radical (unpaired) electrons. The molecule has 2 heterocycles. The summed E-state index contributed by atoms with van der Waals surface area (Å²) in [6.07, 6.45) is 2.81. The van der Waals surface area contributed by atoms with Crippen molar-refractivity contribution in [1.82, 2.24) is 10.6 Å². The van der Waals surface area contributed by atoms with E-state index in [0.717, 1.165) is 0 Å². The summed E-state index contributed by atoms with van der Waals surface area (Å²) in [4.78, 5) is 27.2. The SMILES string of the molecule is O=C1CN=CN1.O=C1CN=CN1. The molecular weight excluding hydrogens is 160 g/mol. The molecule has 0 atom stereocenters. The Balaban J connectivity index is 0.000000120. The van der Waals surface area contributed by atoms with Gasteiger partial charge in [0.05, 0.1) is 12.7 Å². The fourth-order valence-electron chi connectivity index (χ4n) is 0.584. The third-order valence-corrected chi connectivity index (χ3v) is 1.10. The highest BCUT2D eigenvalue weighted by molar-refractivity contribution is 5.94. The molecule has 2 aliphatic heterocycles. The Labute approximate surface area is 68.8 Å². The number of amides is 2. The van der Waals surface area contributed by atoms with Crippen molar-refractivity contribution >= 4 is 24.5 Å². The summed E-state index contributed by atoms with van der Waals surface area (Å²) in [5, 5.41) is 4.78. The van der Waals surface area contributed by atoms with Crippen LogP contribution in [0.5, 0.6) is 0 Å². The van der Waals surface area contributed by atoms with Crippen LogP contribution >= 0.6 is 0 Å². The smallest absolute Gasteiger partial charge is 0.246 e. The lowest BCUT2D eigenvalue weighted by atomic mass is 10.7. The van der Waals surface area contributed by atoms with Gasteiger partial charge in [-0.3, -0.25) is 19.6 Å². The first-order chi connectivity index (χ1) is 5.79. The minimum Gasteiger partial charge on any atom is -0.316 e. The first-order valence-corrected chi connectivity index (χ1v) is 3.34. The molecule has 0 bridgehead atoms. The summed E-state index contributed by atoms with van der Waals surface area (Å²) in [7, 11) is 0. The molecule has 0 saturated heterocycles. The Morgan fingerprint density at radius 1 is 1.00 bits per heavy atom. The lowest BCUT2D eigenvalue weighted by Crippen LogP contribution is -2.15. The number of aliphatic imine (C=N–C) groups is 2. The van der Waals surface area contributed by atoms with Gasteiger partial charge in [-0.05, 0) is 0 Å². The van der Waals surface area contributed by atoms with E-state index in [0.29, 0.717) is 13.1 Å². The third kappa shape index (κ3) is 2.91. The van der Waals surface area contributed by atoms with Crippen LogP contribution < -0.4 is 10.6 Å². The lowest BCUT2D eigenvalue weighted by Gasteiger charge is -1.76. The Morgan fingerprint density at radius 2 is 1.42 bits per heavy atom. The lowest BCUT2D eigenvalue weighted by molar-refractivity contribution is -0.118. The van der Waals surface area contributed by atoms with Gasteiger partial charge in [0.2, 0.25) is 11.8 Å². The zero-order valence-electron chi connectivity index (χ0n) is 6.28. The number of rotatable bonds is 0. The molecule has 12 heavy (non-hydrogen) atoms. The van der Waals surface area contributed by atoms with E-state index in [9.17, 15) is 9.59 Å². The maximum absolute atomic E-state index is 10.0. The van der Waals surface area contributed by atoms with Crippen molar-refractivity contribution in [3.05, 3.63) is 0 Å². The van der Waals surface area contributed by atoms with Crippen LogP contribution in [0, 0.1) is 0 Å².